The topological polar surface area (TPSA) is 63.3 Å². The Morgan fingerprint density at radius 1 is 1.69 bits per heavy atom. The predicted octanol–water partition coefficient (Wildman–Crippen LogP) is 1.94. The number of rotatable bonds is 6. The summed E-state index contributed by atoms with van der Waals surface area (Å²) in [7, 11) is 0. The molecule has 1 aromatic rings. The minimum atomic E-state index is 0.341. The lowest BCUT2D eigenvalue weighted by atomic mass is 10.4. The molecule has 90 valence electrons. The fraction of sp³-hybridized carbons (Fsp3) is 0.600. The minimum absolute atomic E-state index is 0.341. The highest BCUT2D eigenvalue weighted by molar-refractivity contribution is 8.00. The van der Waals surface area contributed by atoms with Gasteiger partial charge in [0.2, 0.25) is 0 Å². The van der Waals surface area contributed by atoms with E-state index in [1.165, 1.54) is 0 Å². The SMILES string of the molecule is CC(C)NC(N)=NCCCSc1nccs1. The van der Waals surface area contributed by atoms with Crippen molar-refractivity contribution in [2.24, 2.45) is 10.7 Å². The van der Waals surface area contributed by atoms with E-state index in [0.29, 0.717) is 12.0 Å². The number of thioether (sulfide) groups is 1. The van der Waals surface area contributed by atoms with Crippen molar-refractivity contribution in [3.63, 3.8) is 0 Å². The number of aliphatic imine (C=N–C) groups is 1. The maximum absolute atomic E-state index is 5.67. The smallest absolute Gasteiger partial charge is 0.188 e. The van der Waals surface area contributed by atoms with Gasteiger partial charge in [-0.3, -0.25) is 4.99 Å². The molecule has 0 aliphatic rings. The first-order valence-corrected chi connectivity index (χ1v) is 7.13. The van der Waals surface area contributed by atoms with Gasteiger partial charge in [-0.05, 0) is 20.3 Å². The van der Waals surface area contributed by atoms with Crippen LogP contribution in [0, 0.1) is 0 Å². The third-order valence-electron chi connectivity index (χ3n) is 1.66. The summed E-state index contributed by atoms with van der Waals surface area (Å²) in [6, 6.07) is 0.341. The molecule has 4 nitrogen and oxygen atoms in total. The fourth-order valence-corrected chi connectivity index (χ4v) is 2.68. The van der Waals surface area contributed by atoms with Crippen LogP contribution in [-0.2, 0) is 0 Å². The largest absolute Gasteiger partial charge is 0.370 e. The zero-order valence-corrected chi connectivity index (χ0v) is 11.3. The molecular formula is C10H18N4S2. The van der Waals surface area contributed by atoms with E-state index >= 15 is 0 Å². The molecule has 0 unspecified atom stereocenters. The Kier molecular flexibility index (Phi) is 6.25. The zero-order chi connectivity index (χ0) is 11.8. The van der Waals surface area contributed by atoms with Gasteiger partial charge in [0.15, 0.2) is 5.96 Å². The van der Waals surface area contributed by atoms with E-state index in [1.54, 1.807) is 23.1 Å². The Hall–Kier alpha value is -0.750. The van der Waals surface area contributed by atoms with Gasteiger partial charge in [0, 0.05) is 29.9 Å². The van der Waals surface area contributed by atoms with E-state index in [9.17, 15) is 0 Å². The summed E-state index contributed by atoms with van der Waals surface area (Å²) < 4.78 is 1.12. The summed E-state index contributed by atoms with van der Waals surface area (Å²) in [5.41, 5.74) is 5.67. The standard InChI is InChI=1S/C10H18N4S2/c1-8(2)14-9(11)12-4-3-6-15-10-13-5-7-16-10/h5,7-8H,3-4,6H2,1-2H3,(H3,11,12,14). The van der Waals surface area contributed by atoms with Gasteiger partial charge in [0.25, 0.3) is 0 Å². The van der Waals surface area contributed by atoms with Gasteiger partial charge >= 0.3 is 0 Å². The van der Waals surface area contributed by atoms with Crippen molar-refractivity contribution in [1.29, 1.82) is 0 Å². The summed E-state index contributed by atoms with van der Waals surface area (Å²) in [5, 5.41) is 5.05. The number of nitrogens with two attached hydrogens (primary N) is 1. The van der Waals surface area contributed by atoms with Crippen LogP contribution in [0.2, 0.25) is 0 Å². The molecule has 0 aliphatic carbocycles. The molecule has 0 spiro atoms. The van der Waals surface area contributed by atoms with Gasteiger partial charge in [-0.15, -0.1) is 11.3 Å². The molecule has 1 aromatic heterocycles. The molecule has 0 atom stereocenters. The van der Waals surface area contributed by atoms with Crippen molar-refractivity contribution in [1.82, 2.24) is 10.3 Å². The maximum atomic E-state index is 5.67. The second kappa shape index (κ2) is 7.51. The van der Waals surface area contributed by atoms with E-state index in [1.807, 2.05) is 25.4 Å². The molecule has 6 heteroatoms. The van der Waals surface area contributed by atoms with Gasteiger partial charge in [-0.1, -0.05) is 11.8 Å². The molecule has 0 radical (unpaired) electrons. The number of guanidine groups is 1. The molecule has 0 saturated carbocycles. The van der Waals surface area contributed by atoms with Crippen molar-refractivity contribution in [2.75, 3.05) is 12.3 Å². The molecule has 0 aliphatic heterocycles. The predicted molar refractivity (Wildman–Crippen MR) is 72.2 cm³/mol. The van der Waals surface area contributed by atoms with Gasteiger partial charge in [0.1, 0.15) is 4.34 Å². The molecule has 0 bridgehead atoms. The normalized spacial score (nSPS) is 12.1. The average Bonchev–Trinajstić information content (AvgIpc) is 2.68. The second-order valence-corrected chi connectivity index (χ2v) is 5.80. The third kappa shape index (κ3) is 5.97. The van der Waals surface area contributed by atoms with Crippen molar-refractivity contribution in [3.8, 4) is 0 Å². The molecule has 0 amide bonds. The number of hydrogen-bond donors (Lipinski definition) is 2. The first kappa shape index (κ1) is 13.3. The average molecular weight is 258 g/mol. The Labute approximate surface area is 105 Å². The Bertz CT molecular complexity index is 309. The number of hydrogen-bond acceptors (Lipinski definition) is 4. The lowest BCUT2D eigenvalue weighted by molar-refractivity contribution is 0.722. The number of aromatic nitrogens is 1. The first-order valence-electron chi connectivity index (χ1n) is 5.27. The summed E-state index contributed by atoms with van der Waals surface area (Å²) in [5.74, 6) is 1.57. The van der Waals surface area contributed by atoms with E-state index in [-0.39, 0.29) is 0 Å². The molecular weight excluding hydrogens is 240 g/mol. The van der Waals surface area contributed by atoms with Gasteiger partial charge in [0.05, 0.1) is 0 Å². The summed E-state index contributed by atoms with van der Waals surface area (Å²) in [4.78, 5) is 8.43. The van der Waals surface area contributed by atoms with Crippen LogP contribution >= 0.6 is 23.1 Å². The molecule has 16 heavy (non-hydrogen) atoms. The molecule has 0 fully saturated rings. The molecule has 3 N–H and O–H groups in total. The van der Waals surface area contributed by atoms with Crippen LogP contribution in [-0.4, -0.2) is 29.3 Å². The fourth-order valence-electron chi connectivity index (χ4n) is 1.05. The zero-order valence-electron chi connectivity index (χ0n) is 9.64. The van der Waals surface area contributed by atoms with E-state index in [2.05, 4.69) is 15.3 Å². The Balaban J connectivity index is 2.07. The van der Waals surface area contributed by atoms with E-state index in [0.717, 1.165) is 23.1 Å². The summed E-state index contributed by atoms with van der Waals surface area (Å²) >= 11 is 3.44. The quantitative estimate of drug-likeness (QED) is 0.354. The van der Waals surface area contributed by atoms with Gasteiger partial charge in [-0.25, -0.2) is 4.98 Å². The minimum Gasteiger partial charge on any atom is -0.370 e. The highest BCUT2D eigenvalue weighted by atomic mass is 32.2. The van der Waals surface area contributed by atoms with Crippen LogP contribution in [0.3, 0.4) is 0 Å². The van der Waals surface area contributed by atoms with Gasteiger partial charge in [-0.2, -0.15) is 0 Å². The highest BCUT2D eigenvalue weighted by Crippen LogP contribution is 2.20. The van der Waals surface area contributed by atoms with Crippen molar-refractivity contribution in [2.45, 2.75) is 30.6 Å². The number of nitrogens with one attached hydrogen (secondary N) is 1. The highest BCUT2D eigenvalue weighted by Gasteiger charge is 1.96. The van der Waals surface area contributed by atoms with Crippen LogP contribution in [0.25, 0.3) is 0 Å². The maximum Gasteiger partial charge on any atom is 0.188 e. The summed E-state index contributed by atoms with van der Waals surface area (Å²) in [6.45, 7) is 4.85. The molecule has 1 rings (SSSR count). The van der Waals surface area contributed by atoms with E-state index < -0.39 is 0 Å². The van der Waals surface area contributed by atoms with E-state index in [4.69, 9.17) is 5.73 Å². The lowest BCUT2D eigenvalue weighted by Gasteiger charge is -2.07. The molecule has 0 aromatic carbocycles. The van der Waals surface area contributed by atoms with Gasteiger partial charge < -0.3 is 11.1 Å². The number of nitrogens with zero attached hydrogens (tertiary/aromatic N) is 2. The van der Waals surface area contributed by atoms with Crippen molar-refractivity contribution < 1.29 is 0 Å². The summed E-state index contributed by atoms with van der Waals surface area (Å²) in [6.07, 6.45) is 2.85. The lowest BCUT2D eigenvalue weighted by Crippen LogP contribution is -2.36. The molecule has 0 saturated heterocycles. The Morgan fingerprint density at radius 3 is 3.12 bits per heavy atom. The monoisotopic (exact) mass is 258 g/mol. The Morgan fingerprint density at radius 2 is 2.50 bits per heavy atom. The number of thiazole rings is 1. The molecule has 1 heterocycles. The van der Waals surface area contributed by atoms with Crippen molar-refractivity contribution in [3.05, 3.63) is 11.6 Å². The van der Waals surface area contributed by atoms with Crippen LogP contribution < -0.4 is 11.1 Å². The van der Waals surface area contributed by atoms with Crippen LogP contribution in [0.1, 0.15) is 20.3 Å². The third-order valence-corrected chi connectivity index (χ3v) is 3.71. The first-order chi connectivity index (χ1) is 7.68. The van der Waals surface area contributed by atoms with Crippen LogP contribution in [0.4, 0.5) is 0 Å². The van der Waals surface area contributed by atoms with Crippen LogP contribution in [0.5, 0.6) is 0 Å². The van der Waals surface area contributed by atoms with Crippen LogP contribution in [0.15, 0.2) is 20.9 Å². The van der Waals surface area contributed by atoms with Crippen molar-refractivity contribution >= 4 is 29.1 Å². The second-order valence-electron chi connectivity index (χ2n) is 3.57.